The van der Waals surface area contributed by atoms with Gasteiger partial charge in [0.05, 0.1) is 16.1 Å². The summed E-state index contributed by atoms with van der Waals surface area (Å²) in [5.74, 6) is -0.345. The molecule has 0 aliphatic rings. The number of nitrogens with one attached hydrogen (secondary N) is 2. The van der Waals surface area contributed by atoms with Gasteiger partial charge in [-0.2, -0.15) is 0 Å². The smallest absolute Gasteiger partial charge is 0.326 e. The van der Waals surface area contributed by atoms with Gasteiger partial charge in [-0.15, -0.1) is 0 Å². The fraction of sp³-hybridized carbons (Fsp3) is 0.250. The minimum atomic E-state index is -0.193. The van der Waals surface area contributed by atoms with Crippen LogP contribution in [0.15, 0.2) is 53.3 Å². The lowest BCUT2D eigenvalue weighted by atomic mass is 10.1. The number of ketones is 1. The van der Waals surface area contributed by atoms with Crippen molar-refractivity contribution in [1.29, 1.82) is 0 Å². The molecule has 0 saturated heterocycles. The van der Waals surface area contributed by atoms with Gasteiger partial charge in [0.2, 0.25) is 5.91 Å². The summed E-state index contributed by atoms with van der Waals surface area (Å²) in [6.45, 7) is 0.937. The fourth-order valence-electron chi connectivity index (χ4n) is 2.93. The van der Waals surface area contributed by atoms with Crippen LogP contribution in [-0.2, 0) is 11.3 Å². The predicted octanol–water partition coefficient (Wildman–Crippen LogP) is 3.15. The number of aromatic amines is 1. The Labute approximate surface area is 161 Å². The summed E-state index contributed by atoms with van der Waals surface area (Å²) in [6, 6.07) is 14.3. The van der Waals surface area contributed by atoms with Gasteiger partial charge in [-0.25, -0.2) is 4.79 Å². The van der Waals surface area contributed by atoms with Crippen LogP contribution in [0, 0.1) is 0 Å². The van der Waals surface area contributed by atoms with Crippen molar-refractivity contribution in [3.63, 3.8) is 0 Å². The van der Waals surface area contributed by atoms with Gasteiger partial charge >= 0.3 is 5.69 Å². The predicted molar refractivity (Wildman–Crippen MR) is 105 cm³/mol. The molecule has 0 saturated carbocycles. The number of imidazole rings is 1. The van der Waals surface area contributed by atoms with E-state index in [0.29, 0.717) is 30.1 Å². The molecule has 6 nitrogen and oxygen atoms in total. The third-order valence-corrected chi connectivity index (χ3v) is 4.65. The number of nitrogens with zero attached hydrogens (tertiary/aromatic N) is 1. The van der Waals surface area contributed by atoms with Gasteiger partial charge in [0.15, 0.2) is 5.78 Å². The lowest BCUT2D eigenvalue weighted by Gasteiger charge is -2.07. The molecule has 0 atom stereocenters. The minimum Gasteiger partial charge on any atom is -0.356 e. The molecule has 2 N–H and O–H groups in total. The Balaban J connectivity index is 1.43. The molecule has 1 heterocycles. The molecule has 0 aliphatic carbocycles. The number of H-pyrrole nitrogens is 1. The molecule has 27 heavy (non-hydrogen) atoms. The van der Waals surface area contributed by atoms with Crippen LogP contribution in [-0.4, -0.2) is 27.8 Å². The van der Waals surface area contributed by atoms with Gasteiger partial charge in [0.1, 0.15) is 0 Å². The van der Waals surface area contributed by atoms with Gasteiger partial charge < -0.3 is 10.3 Å². The van der Waals surface area contributed by atoms with Gasteiger partial charge in [0, 0.05) is 31.5 Å². The van der Waals surface area contributed by atoms with Crippen LogP contribution in [0.2, 0.25) is 5.02 Å². The highest BCUT2D eigenvalue weighted by Gasteiger charge is 2.12. The summed E-state index contributed by atoms with van der Waals surface area (Å²) in [5.41, 5.74) is 1.92. The quantitative estimate of drug-likeness (QED) is 0.461. The number of halogens is 1. The maximum absolute atomic E-state index is 12.1. The van der Waals surface area contributed by atoms with E-state index in [-0.39, 0.29) is 30.2 Å². The first-order valence-electron chi connectivity index (χ1n) is 8.78. The maximum Gasteiger partial charge on any atom is 0.326 e. The number of para-hydroxylation sites is 2. The Morgan fingerprint density at radius 1 is 1.04 bits per heavy atom. The van der Waals surface area contributed by atoms with Crippen molar-refractivity contribution in [2.24, 2.45) is 0 Å². The number of aromatic nitrogens is 2. The van der Waals surface area contributed by atoms with Crippen molar-refractivity contribution in [2.75, 3.05) is 6.54 Å². The van der Waals surface area contributed by atoms with Crippen LogP contribution >= 0.6 is 11.6 Å². The highest BCUT2D eigenvalue weighted by Crippen LogP contribution is 2.17. The normalized spacial score (nSPS) is 10.9. The van der Waals surface area contributed by atoms with Crippen molar-refractivity contribution in [2.45, 2.75) is 25.8 Å². The van der Waals surface area contributed by atoms with Gasteiger partial charge in [-0.05, 0) is 30.7 Å². The summed E-state index contributed by atoms with van der Waals surface area (Å²) < 4.78 is 1.66. The molecule has 140 valence electrons. The number of carbonyl (C=O) groups excluding carboxylic acids is 2. The molecule has 7 heteroatoms. The number of benzene rings is 2. The van der Waals surface area contributed by atoms with E-state index >= 15 is 0 Å². The number of fused-ring (bicyclic) bond motifs is 1. The molecule has 0 aliphatic heterocycles. The summed E-state index contributed by atoms with van der Waals surface area (Å²) in [5, 5.41) is 3.18. The molecular formula is C20H20ClN3O3. The zero-order valence-corrected chi connectivity index (χ0v) is 15.5. The lowest BCUT2D eigenvalue weighted by molar-refractivity contribution is -0.121. The second-order valence-electron chi connectivity index (χ2n) is 6.21. The molecule has 0 radical (unpaired) electrons. The van der Waals surface area contributed by atoms with Crippen LogP contribution in [0.25, 0.3) is 11.0 Å². The van der Waals surface area contributed by atoms with Crippen LogP contribution in [0.5, 0.6) is 0 Å². The summed E-state index contributed by atoms with van der Waals surface area (Å²) in [4.78, 5) is 38.8. The van der Waals surface area contributed by atoms with Gasteiger partial charge in [0.25, 0.3) is 0 Å². The second kappa shape index (κ2) is 8.68. The van der Waals surface area contributed by atoms with E-state index in [2.05, 4.69) is 10.3 Å². The summed E-state index contributed by atoms with van der Waals surface area (Å²) in [6.07, 6.45) is 0.834. The third kappa shape index (κ3) is 4.65. The monoisotopic (exact) mass is 385 g/mol. The van der Waals surface area contributed by atoms with Crippen LogP contribution in [0.1, 0.15) is 29.6 Å². The number of amides is 1. The first kappa shape index (κ1) is 18.9. The van der Waals surface area contributed by atoms with Gasteiger partial charge in [-0.3, -0.25) is 14.2 Å². The van der Waals surface area contributed by atoms with E-state index in [1.807, 2.05) is 24.3 Å². The highest BCUT2D eigenvalue weighted by atomic mass is 35.5. The van der Waals surface area contributed by atoms with E-state index < -0.39 is 0 Å². The molecule has 0 spiro atoms. The van der Waals surface area contributed by atoms with E-state index in [4.69, 9.17) is 11.6 Å². The first-order valence-corrected chi connectivity index (χ1v) is 9.16. The SMILES string of the molecule is O=C(CCC(=O)c1ccccc1Cl)NCCCn1c(=O)[nH]c2ccccc21. The molecule has 1 amide bonds. The molecule has 0 fully saturated rings. The largest absolute Gasteiger partial charge is 0.356 e. The minimum absolute atomic E-state index is 0.108. The Bertz CT molecular complexity index is 1020. The Morgan fingerprint density at radius 3 is 2.59 bits per heavy atom. The summed E-state index contributed by atoms with van der Waals surface area (Å²) in [7, 11) is 0. The standard InChI is InChI=1S/C20H20ClN3O3/c21-15-7-2-1-6-14(15)18(25)10-11-19(26)22-12-5-13-24-17-9-4-3-8-16(17)23-20(24)27/h1-4,6-9H,5,10-13H2,(H,22,26)(H,23,27). The number of aryl methyl sites for hydroxylation is 1. The molecular weight excluding hydrogens is 366 g/mol. The number of hydrogen-bond donors (Lipinski definition) is 2. The van der Waals surface area contributed by atoms with E-state index in [1.54, 1.807) is 28.8 Å². The van der Waals surface area contributed by atoms with Gasteiger partial charge in [-0.1, -0.05) is 35.9 Å². The topological polar surface area (TPSA) is 84.0 Å². The number of Topliss-reactive ketones (excluding diaryl/α,β-unsaturated/α-hetero) is 1. The van der Waals surface area contributed by atoms with Crippen LogP contribution < -0.4 is 11.0 Å². The Hall–Kier alpha value is -2.86. The maximum atomic E-state index is 12.1. The average Bonchev–Trinajstić information content (AvgIpc) is 2.99. The van der Waals surface area contributed by atoms with Crippen LogP contribution in [0.3, 0.4) is 0 Å². The van der Waals surface area contributed by atoms with Crippen molar-refractivity contribution in [3.05, 3.63) is 69.6 Å². The zero-order chi connectivity index (χ0) is 19.2. The van der Waals surface area contributed by atoms with E-state index in [9.17, 15) is 14.4 Å². The lowest BCUT2D eigenvalue weighted by Crippen LogP contribution is -2.27. The molecule has 0 bridgehead atoms. The zero-order valence-electron chi connectivity index (χ0n) is 14.7. The van der Waals surface area contributed by atoms with Crippen molar-refractivity contribution < 1.29 is 9.59 Å². The first-order chi connectivity index (χ1) is 13.1. The molecule has 3 rings (SSSR count). The van der Waals surface area contributed by atoms with Crippen LogP contribution in [0.4, 0.5) is 0 Å². The average molecular weight is 386 g/mol. The molecule has 3 aromatic rings. The number of hydrogen-bond acceptors (Lipinski definition) is 3. The van der Waals surface area contributed by atoms with Crippen molar-refractivity contribution >= 4 is 34.3 Å². The van der Waals surface area contributed by atoms with Crippen molar-refractivity contribution in [1.82, 2.24) is 14.9 Å². The third-order valence-electron chi connectivity index (χ3n) is 4.32. The Morgan fingerprint density at radius 2 is 1.78 bits per heavy atom. The number of rotatable bonds is 8. The van der Waals surface area contributed by atoms with Crippen molar-refractivity contribution in [3.8, 4) is 0 Å². The molecule has 2 aromatic carbocycles. The van der Waals surface area contributed by atoms with E-state index in [1.165, 1.54) is 0 Å². The van der Waals surface area contributed by atoms with E-state index in [0.717, 1.165) is 11.0 Å². The second-order valence-corrected chi connectivity index (χ2v) is 6.61. The Kier molecular flexibility index (Phi) is 6.08. The molecule has 1 aromatic heterocycles. The number of carbonyl (C=O) groups is 2. The molecule has 0 unspecified atom stereocenters. The fourth-order valence-corrected chi connectivity index (χ4v) is 3.17. The summed E-state index contributed by atoms with van der Waals surface area (Å²) >= 11 is 5.99. The highest BCUT2D eigenvalue weighted by molar-refractivity contribution is 6.34.